The Morgan fingerprint density at radius 2 is 1.62 bits per heavy atom. The number of nitrogens with one attached hydrogen (secondary N) is 2. The lowest BCUT2D eigenvalue weighted by molar-refractivity contribution is 0.297. The zero-order valence-corrected chi connectivity index (χ0v) is 14.0. The average Bonchev–Trinajstić information content (AvgIpc) is 3.18. The highest BCUT2D eigenvalue weighted by atomic mass is 16.5. The number of hydrogen-bond donors (Lipinski definition) is 2. The minimum atomic E-state index is 0.398. The van der Waals surface area contributed by atoms with Crippen LogP contribution in [0.2, 0.25) is 0 Å². The van der Waals surface area contributed by atoms with Crippen LogP contribution in [0.4, 0.5) is 11.6 Å². The number of aromatic amines is 1. The molecule has 0 saturated heterocycles. The summed E-state index contributed by atoms with van der Waals surface area (Å²) >= 11 is 0. The van der Waals surface area contributed by atoms with Gasteiger partial charge in [-0.25, -0.2) is 15.0 Å². The number of hydrogen-bond acceptors (Lipinski definition) is 5. The van der Waals surface area contributed by atoms with Crippen molar-refractivity contribution >= 4 is 11.6 Å². The van der Waals surface area contributed by atoms with Crippen molar-refractivity contribution in [3.05, 3.63) is 85.1 Å². The van der Waals surface area contributed by atoms with E-state index in [0.717, 1.165) is 28.5 Å². The zero-order chi connectivity index (χ0) is 17.6. The van der Waals surface area contributed by atoms with E-state index < -0.39 is 0 Å². The van der Waals surface area contributed by atoms with Crippen LogP contribution < -0.4 is 10.1 Å². The number of imidazole rings is 1. The Kier molecular flexibility index (Phi) is 4.56. The highest BCUT2D eigenvalue weighted by Gasteiger charge is 2.05. The first kappa shape index (κ1) is 15.8. The average molecular weight is 343 g/mol. The summed E-state index contributed by atoms with van der Waals surface area (Å²) in [7, 11) is 0. The van der Waals surface area contributed by atoms with Crippen molar-refractivity contribution in [2.75, 3.05) is 5.32 Å². The highest BCUT2D eigenvalue weighted by Crippen LogP contribution is 2.21. The summed E-state index contributed by atoms with van der Waals surface area (Å²) < 4.78 is 5.71. The second-order valence-corrected chi connectivity index (χ2v) is 5.62. The quantitative estimate of drug-likeness (QED) is 0.549. The first-order chi connectivity index (χ1) is 12.9. The summed E-state index contributed by atoms with van der Waals surface area (Å²) in [6, 6.07) is 19.5. The van der Waals surface area contributed by atoms with E-state index in [9.17, 15) is 0 Å². The summed E-state index contributed by atoms with van der Waals surface area (Å²) in [4.78, 5) is 16.0. The summed E-state index contributed by atoms with van der Waals surface area (Å²) in [6.07, 6.45) is 5.22. The molecular weight excluding hydrogens is 326 g/mol. The molecule has 6 heteroatoms. The normalized spacial score (nSPS) is 10.5. The van der Waals surface area contributed by atoms with Gasteiger partial charge < -0.3 is 15.0 Å². The van der Waals surface area contributed by atoms with Crippen LogP contribution in [0.15, 0.2) is 79.3 Å². The SMILES string of the molecule is c1ccc(OCc2ncc(-c3ccc(Nc4ncccn4)cc3)[nH]2)cc1. The predicted molar refractivity (Wildman–Crippen MR) is 100 cm³/mol. The number of anilines is 2. The van der Waals surface area contributed by atoms with Crippen LogP contribution in [-0.4, -0.2) is 19.9 Å². The summed E-state index contributed by atoms with van der Waals surface area (Å²) in [5, 5.41) is 3.16. The molecule has 0 radical (unpaired) electrons. The molecule has 2 aromatic heterocycles. The minimum absolute atomic E-state index is 0.398. The van der Waals surface area contributed by atoms with Crippen LogP contribution in [-0.2, 0) is 6.61 Å². The van der Waals surface area contributed by atoms with Gasteiger partial charge in [0.1, 0.15) is 18.2 Å². The molecule has 0 saturated carbocycles. The fourth-order valence-electron chi connectivity index (χ4n) is 2.48. The number of ether oxygens (including phenoxy) is 1. The lowest BCUT2D eigenvalue weighted by atomic mass is 10.1. The maximum absolute atomic E-state index is 5.71. The number of rotatable bonds is 6. The van der Waals surface area contributed by atoms with E-state index in [2.05, 4.69) is 25.3 Å². The standard InChI is InChI=1S/C20H17N5O/c1-2-5-17(6-3-1)26-14-19-23-13-18(25-19)15-7-9-16(10-8-15)24-20-21-11-4-12-22-20/h1-13H,14H2,(H,23,25)(H,21,22,24). The third-order valence-electron chi connectivity index (χ3n) is 3.77. The van der Waals surface area contributed by atoms with Crippen molar-refractivity contribution in [3.63, 3.8) is 0 Å². The third-order valence-corrected chi connectivity index (χ3v) is 3.77. The van der Waals surface area contributed by atoms with E-state index in [0.29, 0.717) is 12.6 Å². The second kappa shape index (κ2) is 7.48. The van der Waals surface area contributed by atoms with Crippen LogP contribution >= 0.6 is 0 Å². The molecule has 0 fully saturated rings. The van der Waals surface area contributed by atoms with Crippen LogP contribution in [0, 0.1) is 0 Å². The zero-order valence-electron chi connectivity index (χ0n) is 14.0. The van der Waals surface area contributed by atoms with Gasteiger partial charge in [0, 0.05) is 18.1 Å². The summed E-state index contributed by atoms with van der Waals surface area (Å²) in [5.41, 5.74) is 2.91. The van der Waals surface area contributed by atoms with Gasteiger partial charge in [-0.05, 0) is 35.9 Å². The molecule has 6 nitrogen and oxygen atoms in total. The number of para-hydroxylation sites is 1. The van der Waals surface area contributed by atoms with Gasteiger partial charge in [-0.15, -0.1) is 0 Å². The second-order valence-electron chi connectivity index (χ2n) is 5.62. The molecule has 2 aromatic carbocycles. The van der Waals surface area contributed by atoms with Gasteiger partial charge in [0.15, 0.2) is 0 Å². The highest BCUT2D eigenvalue weighted by molar-refractivity contribution is 5.64. The van der Waals surface area contributed by atoms with Crippen molar-refractivity contribution < 1.29 is 4.74 Å². The van der Waals surface area contributed by atoms with Crippen molar-refractivity contribution in [3.8, 4) is 17.0 Å². The van der Waals surface area contributed by atoms with Crippen LogP contribution in [0.5, 0.6) is 5.75 Å². The van der Waals surface area contributed by atoms with Gasteiger partial charge in [0.2, 0.25) is 5.95 Å². The van der Waals surface area contributed by atoms with Gasteiger partial charge in [-0.1, -0.05) is 30.3 Å². The molecule has 4 aromatic rings. The molecule has 0 bridgehead atoms. The molecule has 0 spiro atoms. The predicted octanol–water partition coefficient (Wildman–Crippen LogP) is 4.19. The Balaban J connectivity index is 1.41. The van der Waals surface area contributed by atoms with Gasteiger partial charge >= 0.3 is 0 Å². The molecule has 0 aliphatic carbocycles. The van der Waals surface area contributed by atoms with Gasteiger partial charge in [-0.3, -0.25) is 0 Å². The summed E-state index contributed by atoms with van der Waals surface area (Å²) in [6.45, 7) is 0.398. The minimum Gasteiger partial charge on any atom is -0.486 e. The van der Waals surface area contributed by atoms with E-state index in [1.54, 1.807) is 18.5 Å². The third kappa shape index (κ3) is 3.87. The van der Waals surface area contributed by atoms with Gasteiger partial charge in [-0.2, -0.15) is 0 Å². The fraction of sp³-hybridized carbons (Fsp3) is 0.0500. The van der Waals surface area contributed by atoms with Crippen LogP contribution in [0.3, 0.4) is 0 Å². The number of benzene rings is 2. The molecule has 0 atom stereocenters. The largest absolute Gasteiger partial charge is 0.486 e. The van der Waals surface area contributed by atoms with Crippen molar-refractivity contribution in [1.29, 1.82) is 0 Å². The first-order valence-electron chi connectivity index (χ1n) is 8.23. The molecule has 0 unspecified atom stereocenters. The summed E-state index contributed by atoms with van der Waals surface area (Å²) in [5.74, 6) is 2.18. The number of aromatic nitrogens is 4. The molecule has 128 valence electrons. The smallest absolute Gasteiger partial charge is 0.227 e. The number of H-pyrrole nitrogens is 1. The molecule has 0 aliphatic rings. The molecule has 0 amide bonds. The van der Waals surface area contributed by atoms with Crippen molar-refractivity contribution in [2.24, 2.45) is 0 Å². The topological polar surface area (TPSA) is 75.7 Å². The van der Waals surface area contributed by atoms with Crippen molar-refractivity contribution in [1.82, 2.24) is 19.9 Å². The molecule has 26 heavy (non-hydrogen) atoms. The lowest BCUT2D eigenvalue weighted by Crippen LogP contribution is -1.97. The molecule has 0 aliphatic heterocycles. The van der Waals surface area contributed by atoms with Gasteiger partial charge in [0.25, 0.3) is 0 Å². The van der Waals surface area contributed by atoms with Crippen LogP contribution in [0.1, 0.15) is 5.82 Å². The monoisotopic (exact) mass is 343 g/mol. The Hall–Kier alpha value is -3.67. The fourth-order valence-corrected chi connectivity index (χ4v) is 2.48. The first-order valence-corrected chi connectivity index (χ1v) is 8.23. The van der Waals surface area contributed by atoms with E-state index in [1.807, 2.05) is 60.8 Å². The van der Waals surface area contributed by atoms with Crippen LogP contribution in [0.25, 0.3) is 11.3 Å². The van der Waals surface area contributed by atoms with E-state index in [1.165, 1.54) is 0 Å². The Morgan fingerprint density at radius 1 is 0.846 bits per heavy atom. The van der Waals surface area contributed by atoms with E-state index in [-0.39, 0.29) is 0 Å². The van der Waals surface area contributed by atoms with E-state index in [4.69, 9.17) is 4.74 Å². The number of nitrogens with zero attached hydrogens (tertiary/aromatic N) is 3. The maximum Gasteiger partial charge on any atom is 0.227 e. The molecule has 2 heterocycles. The van der Waals surface area contributed by atoms with Crippen molar-refractivity contribution in [2.45, 2.75) is 6.61 Å². The lowest BCUT2D eigenvalue weighted by Gasteiger charge is -2.05. The Labute approximate surface area is 150 Å². The molecule has 4 rings (SSSR count). The molecule has 2 N–H and O–H groups in total. The van der Waals surface area contributed by atoms with E-state index >= 15 is 0 Å². The Morgan fingerprint density at radius 3 is 2.38 bits per heavy atom. The maximum atomic E-state index is 5.71. The molecular formula is C20H17N5O. The van der Waals surface area contributed by atoms with Gasteiger partial charge in [0.05, 0.1) is 11.9 Å². The Bertz CT molecular complexity index is 952.